The highest BCUT2D eigenvalue weighted by atomic mass is 19.4. The second-order valence-corrected chi connectivity index (χ2v) is 6.56. The van der Waals surface area contributed by atoms with Crippen LogP contribution in [-0.2, 0) is 16.6 Å². The van der Waals surface area contributed by atoms with E-state index in [1.807, 2.05) is 4.90 Å². The minimum atomic E-state index is -5.08. The van der Waals surface area contributed by atoms with Crippen LogP contribution >= 0.6 is 0 Å². The molecule has 1 fully saturated rings. The number of carboxylic acids is 1. The summed E-state index contributed by atoms with van der Waals surface area (Å²) >= 11 is 0. The monoisotopic (exact) mass is 459 g/mol. The molecule has 2 heterocycles. The number of halogens is 3. The maximum absolute atomic E-state index is 11.4. The number of hydrogen-bond acceptors (Lipinski definition) is 7. The number of piperazine rings is 1. The maximum Gasteiger partial charge on any atom is 0.490 e. The van der Waals surface area contributed by atoms with Crippen LogP contribution in [0.15, 0.2) is 30.5 Å². The third-order valence-electron chi connectivity index (χ3n) is 4.30. The molecule has 1 aromatic heterocycles. The molecule has 0 saturated carbocycles. The third kappa shape index (κ3) is 6.94. The van der Waals surface area contributed by atoms with Crippen molar-refractivity contribution in [2.24, 2.45) is 7.05 Å². The molecule has 0 aliphatic carbocycles. The molecule has 14 heteroatoms. The van der Waals surface area contributed by atoms with Crippen molar-refractivity contribution in [2.45, 2.75) is 6.18 Å². The molecule has 174 valence electrons. The van der Waals surface area contributed by atoms with Gasteiger partial charge in [-0.05, 0) is 12.1 Å². The zero-order chi connectivity index (χ0) is 23.9. The van der Waals surface area contributed by atoms with Crippen molar-refractivity contribution in [1.82, 2.24) is 20.0 Å². The molecule has 2 N–H and O–H groups in total. The van der Waals surface area contributed by atoms with Crippen LogP contribution in [0.25, 0.3) is 11.3 Å². The van der Waals surface area contributed by atoms with Crippen LogP contribution in [-0.4, -0.2) is 75.5 Å². The average Bonchev–Trinajstić information content (AvgIpc) is 3.13. The van der Waals surface area contributed by atoms with Crippen molar-refractivity contribution in [3.05, 3.63) is 40.6 Å². The first-order chi connectivity index (χ1) is 15.0. The Labute approximate surface area is 179 Å². The predicted molar refractivity (Wildman–Crippen MR) is 104 cm³/mol. The number of carboxylic acid groups (broad SMARTS) is 1. The number of benzene rings is 1. The fourth-order valence-electron chi connectivity index (χ4n) is 2.76. The van der Waals surface area contributed by atoms with Crippen molar-refractivity contribution in [1.29, 1.82) is 0 Å². The Hall–Kier alpha value is -3.68. The number of ether oxygens (including phenoxy) is 1. The maximum atomic E-state index is 11.4. The van der Waals surface area contributed by atoms with Crippen molar-refractivity contribution in [3.63, 3.8) is 0 Å². The number of alkyl halides is 3. The average molecular weight is 459 g/mol. The Morgan fingerprint density at radius 2 is 2.06 bits per heavy atom. The molecule has 0 atom stereocenters. The van der Waals surface area contributed by atoms with Gasteiger partial charge in [0, 0.05) is 50.6 Å². The van der Waals surface area contributed by atoms with Gasteiger partial charge in [-0.25, -0.2) is 4.79 Å². The summed E-state index contributed by atoms with van der Waals surface area (Å²) in [5.74, 6) is -2.19. The summed E-state index contributed by atoms with van der Waals surface area (Å²) in [5, 5.41) is 25.1. The van der Waals surface area contributed by atoms with E-state index in [0.717, 1.165) is 12.2 Å². The van der Waals surface area contributed by atoms with Crippen LogP contribution in [0.5, 0.6) is 5.75 Å². The Balaban J connectivity index is 0.000000451. The molecular formula is C18H20F3N5O6. The minimum absolute atomic E-state index is 0.00347. The van der Waals surface area contributed by atoms with Crippen LogP contribution in [0.1, 0.15) is 0 Å². The van der Waals surface area contributed by atoms with Crippen LogP contribution < -0.4 is 10.1 Å². The lowest BCUT2D eigenvalue weighted by atomic mass is 10.1. The summed E-state index contributed by atoms with van der Waals surface area (Å²) in [5.41, 5.74) is 1.35. The van der Waals surface area contributed by atoms with Crippen molar-refractivity contribution >= 4 is 17.6 Å². The van der Waals surface area contributed by atoms with Gasteiger partial charge in [-0.15, -0.1) is 0 Å². The molecule has 3 rings (SSSR count). The predicted octanol–water partition coefficient (Wildman–Crippen LogP) is 1.44. The summed E-state index contributed by atoms with van der Waals surface area (Å²) in [6, 6.07) is 6.29. The number of rotatable bonds is 6. The van der Waals surface area contributed by atoms with Gasteiger partial charge in [0.05, 0.1) is 17.2 Å². The van der Waals surface area contributed by atoms with Crippen LogP contribution in [0, 0.1) is 10.1 Å². The summed E-state index contributed by atoms with van der Waals surface area (Å²) in [6.45, 7) is 2.77. The Bertz CT molecular complexity index is 978. The van der Waals surface area contributed by atoms with E-state index in [1.54, 1.807) is 30.1 Å². The molecule has 0 unspecified atom stereocenters. The highest BCUT2D eigenvalue weighted by Gasteiger charge is 2.38. The lowest BCUT2D eigenvalue weighted by Gasteiger charge is -2.26. The van der Waals surface area contributed by atoms with E-state index in [0.29, 0.717) is 37.6 Å². The van der Waals surface area contributed by atoms with Crippen LogP contribution in [0.4, 0.5) is 18.9 Å². The molecule has 11 nitrogen and oxygen atoms in total. The summed E-state index contributed by atoms with van der Waals surface area (Å²) in [4.78, 5) is 32.9. The number of aryl methyl sites for hydroxylation is 1. The van der Waals surface area contributed by atoms with Crippen molar-refractivity contribution in [2.75, 3.05) is 32.8 Å². The fraction of sp³-hybridized carbons (Fsp3) is 0.389. The van der Waals surface area contributed by atoms with Gasteiger partial charge in [-0.3, -0.25) is 24.5 Å². The van der Waals surface area contributed by atoms with Crippen LogP contribution in [0.3, 0.4) is 0 Å². The summed E-state index contributed by atoms with van der Waals surface area (Å²) < 4.78 is 39.2. The largest absolute Gasteiger partial charge is 0.492 e. The number of non-ortho nitro benzene ring substituents is 1. The number of carbonyl (C=O) groups is 2. The normalized spacial score (nSPS) is 14.2. The fourth-order valence-corrected chi connectivity index (χ4v) is 2.76. The quantitative estimate of drug-likeness (QED) is 0.489. The zero-order valence-corrected chi connectivity index (χ0v) is 16.8. The standard InChI is InChI=1S/C16H19N5O4.C2HF3O2/c1-19-14(4-5-18-19)13-10-12(21(23)24)2-3-15(13)25-9-8-20-7-6-17-16(22)11-20;3-2(4,5)1(6)7/h2-5,10H,6-9,11H2,1H3,(H,17,22);(H,6,7). The smallest absolute Gasteiger partial charge is 0.490 e. The number of hydrogen-bond donors (Lipinski definition) is 2. The highest BCUT2D eigenvalue weighted by molar-refractivity contribution is 5.78. The van der Waals surface area contributed by atoms with Gasteiger partial charge in [0.25, 0.3) is 5.69 Å². The second-order valence-electron chi connectivity index (χ2n) is 6.56. The first kappa shape index (κ1) is 24.6. The first-order valence-corrected chi connectivity index (χ1v) is 9.18. The molecular weight excluding hydrogens is 439 g/mol. The molecule has 32 heavy (non-hydrogen) atoms. The lowest BCUT2D eigenvalue weighted by Crippen LogP contribution is -2.48. The minimum Gasteiger partial charge on any atom is -0.492 e. The van der Waals surface area contributed by atoms with E-state index in [-0.39, 0.29) is 11.6 Å². The number of amides is 1. The van der Waals surface area contributed by atoms with Gasteiger partial charge < -0.3 is 15.2 Å². The molecule has 0 spiro atoms. The van der Waals surface area contributed by atoms with Gasteiger partial charge in [-0.1, -0.05) is 0 Å². The SMILES string of the molecule is Cn1nccc1-c1cc([N+](=O)[O-])ccc1OCCN1CCNC(=O)C1.O=C(O)C(F)(F)F. The van der Waals surface area contributed by atoms with Gasteiger partial charge >= 0.3 is 12.1 Å². The second kappa shape index (κ2) is 10.6. The molecule has 2 aromatic rings. The summed E-state index contributed by atoms with van der Waals surface area (Å²) in [7, 11) is 1.77. The molecule has 1 aromatic carbocycles. The molecule has 1 amide bonds. The Kier molecular flexibility index (Phi) is 8.12. The van der Waals surface area contributed by atoms with E-state index < -0.39 is 17.1 Å². The van der Waals surface area contributed by atoms with E-state index in [2.05, 4.69) is 10.4 Å². The zero-order valence-electron chi connectivity index (χ0n) is 16.8. The molecule has 1 aliphatic rings. The van der Waals surface area contributed by atoms with Gasteiger partial charge in [0.1, 0.15) is 12.4 Å². The lowest BCUT2D eigenvalue weighted by molar-refractivity contribution is -0.384. The highest BCUT2D eigenvalue weighted by Crippen LogP contribution is 2.33. The number of aromatic nitrogens is 2. The molecule has 0 radical (unpaired) electrons. The van der Waals surface area contributed by atoms with E-state index in [4.69, 9.17) is 14.6 Å². The van der Waals surface area contributed by atoms with Crippen LogP contribution in [0.2, 0.25) is 0 Å². The summed E-state index contributed by atoms with van der Waals surface area (Å²) in [6.07, 6.45) is -3.45. The topological polar surface area (TPSA) is 140 Å². The number of aliphatic carboxylic acids is 1. The third-order valence-corrected chi connectivity index (χ3v) is 4.30. The van der Waals surface area contributed by atoms with E-state index >= 15 is 0 Å². The van der Waals surface area contributed by atoms with Gasteiger partial charge in [-0.2, -0.15) is 18.3 Å². The van der Waals surface area contributed by atoms with E-state index in [1.165, 1.54) is 12.1 Å². The Morgan fingerprint density at radius 1 is 1.38 bits per heavy atom. The van der Waals surface area contributed by atoms with Gasteiger partial charge in [0.15, 0.2) is 0 Å². The Morgan fingerprint density at radius 3 is 2.59 bits per heavy atom. The van der Waals surface area contributed by atoms with E-state index in [9.17, 15) is 28.1 Å². The number of nitrogens with one attached hydrogen (secondary N) is 1. The number of nitro groups is 1. The van der Waals surface area contributed by atoms with Crippen molar-refractivity contribution < 1.29 is 37.5 Å². The molecule has 1 saturated heterocycles. The number of nitrogens with zero attached hydrogens (tertiary/aromatic N) is 4. The first-order valence-electron chi connectivity index (χ1n) is 9.18. The molecule has 0 bridgehead atoms. The molecule has 1 aliphatic heterocycles. The van der Waals surface area contributed by atoms with Gasteiger partial charge in [0.2, 0.25) is 5.91 Å². The number of carbonyl (C=O) groups excluding carboxylic acids is 1. The number of nitro benzene ring substituents is 1. The van der Waals surface area contributed by atoms with Crippen molar-refractivity contribution in [3.8, 4) is 17.0 Å².